The lowest BCUT2D eigenvalue weighted by molar-refractivity contribution is -0.141. The standard InChI is InChI=1S/C13H22N2O4/c1-9-5-7-14(8-11(9)19-2)13(18)15-6-3-4-10(15)12(16)17/h9-11H,3-8H2,1-2H3,(H,16,17). The van der Waals surface area contributed by atoms with Gasteiger partial charge in [0.05, 0.1) is 6.10 Å². The van der Waals surface area contributed by atoms with Crippen LogP contribution in [-0.4, -0.2) is 65.8 Å². The fourth-order valence-corrected chi connectivity index (χ4v) is 2.95. The molecule has 0 bridgehead atoms. The Bertz CT molecular complexity index is 361. The SMILES string of the molecule is COC1CN(C(=O)N2CCCC2C(=O)O)CCC1C. The topological polar surface area (TPSA) is 70.1 Å². The number of methoxy groups -OCH3 is 1. The molecule has 6 heteroatoms. The maximum atomic E-state index is 12.4. The summed E-state index contributed by atoms with van der Waals surface area (Å²) in [4.78, 5) is 26.8. The van der Waals surface area contributed by atoms with Crippen LogP contribution in [0.3, 0.4) is 0 Å². The number of aliphatic carboxylic acids is 1. The second-order valence-electron chi connectivity index (χ2n) is 5.46. The average molecular weight is 270 g/mol. The first-order valence-corrected chi connectivity index (χ1v) is 6.85. The van der Waals surface area contributed by atoms with Crippen molar-refractivity contribution in [3.05, 3.63) is 0 Å². The van der Waals surface area contributed by atoms with Crippen LogP contribution in [-0.2, 0) is 9.53 Å². The van der Waals surface area contributed by atoms with Gasteiger partial charge >= 0.3 is 12.0 Å². The van der Waals surface area contributed by atoms with Crippen molar-refractivity contribution in [3.63, 3.8) is 0 Å². The molecule has 2 heterocycles. The van der Waals surface area contributed by atoms with E-state index in [1.54, 1.807) is 12.0 Å². The van der Waals surface area contributed by atoms with Crippen LogP contribution in [0.15, 0.2) is 0 Å². The zero-order valence-electron chi connectivity index (χ0n) is 11.5. The van der Waals surface area contributed by atoms with Crippen molar-refractivity contribution in [2.24, 2.45) is 5.92 Å². The summed E-state index contributed by atoms with van der Waals surface area (Å²) in [6.45, 7) is 3.90. The van der Waals surface area contributed by atoms with Gasteiger partial charge in [0, 0.05) is 26.7 Å². The Morgan fingerprint density at radius 1 is 1.26 bits per heavy atom. The number of hydrogen-bond acceptors (Lipinski definition) is 3. The van der Waals surface area contributed by atoms with Crippen LogP contribution in [0.1, 0.15) is 26.2 Å². The van der Waals surface area contributed by atoms with Crippen LogP contribution in [0.25, 0.3) is 0 Å². The summed E-state index contributed by atoms with van der Waals surface area (Å²) >= 11 is 0. The summed E-state index contributed by atoms with van der Waals surface area (Å²) in [6.07, 6.45) is 2.26. The Morgan fingerprint density at radius 2 is 2.00 bits per heavy atom. The lowest BCUT2D eigenvalue weighted by Crippen LogP contribution is -2.53. The highest BCUT2D eigenvalue weighted by molar-refractivity contribution is 5.83. The summed E-state index contributed by atoms with van der Waals surface area (Å²) in [5.41, 5.74) is 0. The number of carboxylic acid groups (broad SMARTS) is 1. The van der Waals surface area contributed by atoms with Crippen molar-refractivity contribution < 1.29 is 19.4 Å². The minimum atomic E-state index is -0.903. The lowest BCUT2D eigenvalue weighted by atomic mass is 9.96. The van der Waals surface area contributed by atoms with E-state index in [1.165, 1.54) is 4.90 Å². The van der Waals surface area contributed by atoms with Gasteiger partial charge in [0.25, 0.3) is 0 Å². The number of likely N-dealkylation sites (tertiary alicyclic amines) is 2. The molecular formula is C13H22N2O4. The molecule has 2 saturated heterocycles. The highest BCUT2D eigenvalue weighted by Gasteiger charge is 2.38. The molecule has 3 unspecified atom stereocenters. The first-order valence-electron chi connectivity index (χ1n) is 6.85. The van der Waals surface area contributed by atoms with Crippen molar-refractivity contribution in [1.82, 2.24) is 9.80 Å². The van der Waals surface area contributed by atoms with E-state index in [1.807, 2.05) is 0 Å². The van der Waals surface area contributed by atoms with Gasteiger partial charge in [-0.2, -0.15) is 0 Å². The summed E-state index contributed by atoms with van der Waals surface area (Å²) < 4.78 is 5.39. The number of amides is 2. The van der Waals surface area contributed by atoms with Crippen LogP contribution >= 0.6 is 0 Å². The van der Waals surface area contributed by atoms with Gasteiger partial charge in [-0.1, -0.05) is 6.92 Å². The van der Waals surface area contributed by atoms with Crippen LogP contribution < -0.4 is 0 Å². The molecule has 0 spiro atoms. The summed E-state index contributed by atoms with van der Waals surface area (Å²) in [6, 6.07) is -0.813. The van der Waals surface area contributed by atoms with E-state index in [2.05, 4.69) is 6.92 Å². The van der Waals surface area contributed by atoms with E-state index in [4.69, 9.17) is 9.84 Å². The first kappa shape index (κ1) is 14.1. The molecule has 19 heavy (non-hydrogen) atoms. The molecule has 2 aliphatic rings. The van der Waals surface area contributed by atoms with Gasteiger partial charge in [0.1, 0.15) is 6.04 Å². The van der Waals surface area contributed by atoms with E-state index in [9.17, 15) is 9.59 Å². The van der Waals surface area contributed by atoms with E-state index in [-0.39, 0.29) is 12.1 Å². The van der Waals surface area contributed by atoms with Crippen molar-refractivity contribution in [1.29, 1.82) is 0 Å². The summed E-state index contributed by atoms with van der Waals surface area (Å²) in [7, 11) is 1.66. The largest absolute Gasteiger partial charge is 0.480 e. The fraction of sp³-hybridized carbons (Fsp3) is 0.846. The van der Waals surface area contributed by atoms with Gasteiger partial charge in [-0.05, 0) is 25.2 Å². The third-order valence-corrected chi connectivity index (χ3v) is 4.25. The van der Waals surface area contributed by atoms with Crippen molar-refractivity contribution >= 4 is 12.0 Å². The molecule has 2 rings (SSSR count). The molecule has 6 nitrogen and oxygen atoms in total. The summed E-state index contributed by atoms with van der Waals surface area (Å²) in [5, 5.41) is 9.13. The average Bonchev–Trinajstić information content (AvgIpc) is 2.87. The van der Waals surface area contributed by atoms with Crippen molar-refractivity contribution in [2.45, 2.75) is 38.3 Å². The number of hydrogen-bond donors (Lipinski definition) is 1. The van der Waals surface area contributed by atoms with Gasteiger partial charge in [-0.3, -0.25) is 0 Å². The molecule has 0 aromatic heterocycles. The smallest absolute Gasteiger partial charge is 0.326 e. The summed E-state index contributed by atoms with van der Waals surface area (Å²) in [5.74, 6) is -0.470. The Morgan fingerprint density at radius 3 is 2.63 bits per heavy atom. The fourth-order valence-electron chi connectivity index (χ4n) is 2.95. The molecule has 0 aromatic carbocycles. The predicted molar refractivity (Wildman–Crippen MR) is 68.9 cm³/mol. The number of urea groups is 1. The van der Waals surface area contributed by atoms with Crippen LogP contribution in [0, 0.1) is 5.92 Å². The number of carboxylic acids is 1. The minimum absolute atomic E-state index is 0.0450. The highest BCUT2D eigenvalue weighted by Crippen LogP contribution is 2.24. The molecule has 0 radical (unpaired) electrons. The molecule has 0 aromatic rings. The highest BCUT2D eigenvalue weighted by atomic mass is 16.5. The quantitative estimate of drug-likeness (QED) is 0.813. The van der Waals surface area contributed by atoms with Crippen LogP contribution in [0.4, 0.5) is 4.79 Å². The van der Waals surface area contributed by atoms with Gasteiger partial charge in [0.15, 0.2) is 0 Å². The number of rotatable bonds is 2. The first-order chi connectivity index (χ1) is 9.04. The van der Waals surface area contributed by atoms with Crippen molar-refractivity contribution in [3.8, 4) is 0 Å². The molecule has 3 atom stereocenters. The monoisotopic (exact) mass is 270 g/mol. The van der Waals surface area contributed by atoms with Gasteiger partial charge in [0.2, 0.25) is 0 Å². The maximum Gasteiger partial charge on any atom is 0.326 e. The van der Waals surface area contributed by atoms with Crippen molar-refractivity contribution in [2.75, 3.05) is 26.7 Å². The molecule has 108 valence electrons. The second kappa shape index (κ2) is 5.77. The Labute approximate surface area is 113 Å². The maximum absolute atomic E-state index is 12.4. The zero-order chi connectivity index (χ0) is 14.0. The number of ether oxygens (including phenoxy) is 1. The van der Waals surface area contributed by atoms with Gasteiger partial charge in [-0.15, -0.1) is 0 Å². The molecule has 0 saturated carbocycles. The molecule has 1 N–H and O–H groups in total. The van der Waals surface area contributed by atoms with Gasteiger partial charge in [-0.25, -0.2) is 9.59 Å². The van der Waals surface area contributed by atoms with Gasteiger partial charge < -0.3 is 19.6 Å². The second-order valence-corrected chi connectivity index (χ2v) is 5.46. The third kappa shape index (κ3) is 2.83. The lowest BCUT2D eigenvalue weighted by Gasteiger charge is -2.38. The number of carbonyl (C=O) groups excluding carboxylic acids is 1. The number of carbonyl (C=O) groups is 2. The molecule has 2 amide bonds. The van der Waals surface area contributed by atoms with E-state index >= 15 is 0 Å². The number of piperidine rings is 1. The normalized spacial score (nSPS) is 31.6. The zero-order valence-corrected chi connectivity index (χ0v) is 11.5. The van der Waals surface area contributed by atoms with Crippen LogP contribution in [0.2, 0.25) is 0 Å². The van der Waals surface area contributed by atoms with E-state index in [0.29, 0.717) is 32.0 Å². The predicted octanol–water partition coefficient (Wildman–Crippen LogP) is 1.01. The van der Waals surface area contributed by atoms with E-state index < -0.39 is 12.0 Å². The number of nitrogens with zero attached hydrogens (tertiary/aromatic N) is 2. The van der Waals surface area contributed by atoms with Crippen LogP contribution in [0.5, 0.6) is 0 Å². The molecule has 2 fully saturated rings. The van der Waals surface area contributed by atoms with E-state index in [0.717, 1.165) is 12.8 Å². The third-order valence-electron chi connectivity index (χ3n) is 4.25. The molecule has 0 aliphatic carbocycles. The Balaban J connectivity index is 2.01. The molecule has 2 aliphatic heterocycles. The molecular weight excluding hydrogens is 248 g/mol. The Hall–Kier alpha value is -1.30. The Kier molecular flexibility index (Phi) is 4.29. The minimum Gasteiger partial charge on any atom is -0.480 e.